The number of allylic oxidation sites excluding steroid dienone is 1. The van der Waals surface area contributed by atoms with Gasteiger partial charge in [0.15, 0.2) is 11.6 Å². The molecule has 12 aromatic rings. The maximum atomic E-state index is 12.6. The molecule has 0 atom stereocenters. The first kappa shape index (κ1) is 130. The van der Waals surface area contributed by atoms with Crippen molar-refractivity contribution in [1.82, 2.24) is 49.8 Å². The molecule has 6 aromatic carbocycles. The molecule has 13 heteroatoms. The lowest BCUT2D eigenvalue weighted by Gasteiger charge is -2.11. The van der Waals surface area contributed by atoms with Gasteiger partial charge in [0.1, 0.15) is 5.69 Å². The SMILES string of the molecule is C.C.C.C.C.C.C.CC.CC.CC.CC.CC.CC.CC.CC.CC.CC.CCc1ccccc1.CN(C)/C=C(/C(=O)c1ccncc1)c1ccccc1.CNN.Cc1ccccc1.Cn1cc(-c2ccccc2)c(-c2ccncc2)n1.Cn1ncc(-c2ccccc2)c1-c1ccncc1.O=C(Cc1ccccc1)c1ccncc1. The van der Waals surface area contributed by atoms with Gasteiger partial charge in [0, 0.05) is 136 Å². The fourth-order valence-corrected chi connectivity index (χ4v) is 8.63. The Labute approximate surface area is 707 Å². The van der Waals surface area contributed by atoms with Crippen LogP contribution in [-0.4, -0.2) is 77.1 Å². The van der Waals surface area contributed by atoms with E-state index in [1.807, 2.05) is 345 Å². The van der Waals surface area contributed by atoms with E-state index in [4.69, 9.17) is 0 Å². The Kier molecular flexibility index (Phi) is 106. The number of carbonyl (C=O) groups excluding carboxylic acids is 2. The van der Waals surface area contributed by atoms with Crippen LogP contribution in [0.1, 0.15) is 240 Å². The zero-order valence-electron chi connectivity index (χ0n) is 71.1. The lowest BCUT2D eigenvalue weighted by Crippen LogP contribution is -2.13. The molecule has 0 radical (unpaired) electrons. The average Bonchev–Trinajstić information content (AvgIpc) is 1.67. The Hall–Kier alpha value is -10.9. The van der Waals surface area contributed by atoms with Crippen LogP contribution in [0.2, 0.25) is 0 Å². The minimum atomic E-state index is 0. The number of carbonyl (C=O) groups is 2. The summed E-state index contributed by atoms with van der Waals surface area (Å²) in [6.07, 6.45) is 21.1. The van der Waals surface area contributed by atoms with E-state index in [0.29, 0.717) is 23.1 Å². The van der Waals surface area contributed by atoms with Crippen molar-refractivity contribution in [3.05, 3.63) is 332 Å². The second-order valence-corrected chi connectivity index (χ2v) is 19.8. The molecule has 0 aliphatic heterocycles. The van der Waals surface area contributed by atoms with Gasteiger partial charge in [0.05, 0.1) is 11.9 Å². The summed E-state index contributed by atoms with van der Waals surface area (Å²) in [7, 11) is 9.37. The molecule has 12 rings (SSSR count). The third kappa shape index (κ3) is 56.9. The predicted octanol–water partition coefficient (Wildman–Crippen LogP) is 29.7. The van der Waals surface area contributed by atoms with Crippen LogP contribution in [0.5, 0.6) is 0 Å². The number of nitrogens with two attached hydrogens (primary N) is 1. The summed E-state index contributed by atoms with van der Waals surface area (Å²) >= 11 is 0. The third-order valence-corrected chi connectivity index (χ3v) is 12.9. The van der Waals surface area contributed by atoms with E-state index in [1.54, 1.807) is 80.9 Å². The number of benzene rings is 6. The zero-order chi connectivity index (χ0) is 82.6. The van der Waals surface area contributed by atoms with Gasteiger partial charge in [0.2, 0.25) is 0 Å². The molecule has 0 aliphatic rings. The number of aryl methyl sites for hydroxylation is 4. The summed E-state index contributed by atoms with van der Waals surface area (Å²) in [5.41, 5.74) is 17.9. The number of hydrazine groups is 1. The number of nitrogens with one attached hydrogen (secondary N) is 1. The molecule has 115 heavy (non-hydrogen) atoms. The normalized spacial score (nSPS) is 8.26. The summed E-state index contributed by atoms with van der Waals surface area (Å²) in [5, 5.41) is 8.91. The lowest BCUT2D eigenvalue weighted by atomic mass is 9.98. The van der Waals surface area contributed by atoms with Crippen molar-refractivity contribution < 1.29 is 9.59 Å². The molecule has 0 bridgehead atoms. The van der Waals surface area contributed by atoms with Gasteiger partial charge in [-0.2, -0.15) is 10.2 Å². The molecular weight excluding hydrogens is 1410 g/mol. The predicted molar refractivity (Wildman–Crippen MR) is 520 cm³/mol. The molecule has 640 valence electrons. The van der Waals surface area contributed by atoms with Gasteiger partial charge >= 0.3 is 0 Å². The first-order valence-corrected chi connectivity index (χ1v) is 38.7. The highest BCUT2D eigenvalue weighted by molar-refractivity contribution is 6.28. The highest BCUT2D eigenvalue weighted by Crippen LogP contribution is 2.32. The summed E-state index contributed by atoms with van der Waals surface area (Å²) in [4.78, 5) is 42.1. The van der Waals surface area contributed by atoms with Crippen molar-refractivity contribution in [2.75, 3.05) is 21.1 Å². The number of rotatable bonds is 12. The van der Waals surface area contributed by atoms with E-state index in [2.05, 4.69) is 116 Å². The van der Waals surface area contributed by atoms with E-state index in [1.165, 1.54) is 22.3 Å². The number of hydrogen-bond acceptors (Lipinski definition) is 11. The number of aromatic nitrogens is 8. The van der Waals surface area contributed by atoms with Gasteiger partial charge in [0.25, 0.3) is 0 Å². The number of hydrogen-bond donors (Lipinski definition) is 2. The highest BCUT2D eigenvalue weighted by atomic mass is 16.1. The largest absolute Gasteiger partial charge is 0.383 e. The average molecular weight is 1580 g/mol. The first-order valence-electron chi connectivity index (χ1n) is 38.7. The summed E-state index contributed by atoms with van der Waals surface area (Å²) in [6, 6.07) is 75.6. The zero-order valence-corrected chi connectivity index (χ0v) is 71.1. The summed E-state index contributed by atoms with van der Waals surface area (Å²) < 4.78 is 3.75. The maximum Gasteiger partial charge on any atom is 0.195 e. The van der Waals surface area contributed by atoms with E-state index in [-0.39, 0.29) is 63.6 Å². The lowest BCUT2D eigenvalue weighted by molar-refractivity contribution is 0.0991. The van der Waals surface area contributed by atoms with Crippen LogP contribution in [0, 0.1) is 6.92 Å². The van der Waals surface area contributed by atoms with Gasteiger partial charge in [-0.3, -0.25) is 50.2 Å². The summed E-state index contributed by atoms with van der Waals surface area (Å²) in [6.45, 7) is 44.2. The molecule has 0 fully saturated rings. The number of nitrogens with zero attached hydrogens (tertiary/aromatic N) is 9. The van der Waals surface area contributed by atoms with Gasteiger partial charge < -0.3 is 4.90 Å². The molecule has 6 heterocycles. The van der Waals surface area contributed by atoms with Gasteiger partial charge in [-0.05, 0) is 96.7 Å². The number of pyridine rings is 4. The minimum Gasteiger partial charge on any atom is -0.383 e. The summed E-state index contributed by atoms with van der Waals surface area (Å²) in [5.74, 6) is 4.73. The minimum absolute atomic E-state index is 0. The van der Waals surface area contributed by atoms with Crippen LogP contribution in [-0.2, 0) is 26.9 Å². The van der Waals surface area contributed by atoms with Crippen molar-refractivity contribution in [3.63, 3.8) is 0 Å². The maximum absolute atomic E-state index is 12.6. The van der Waals surface area contributed by atoms with Crippen molar-refractivity contribution >= 4 is 17.1 Å². The van der Waals surface area contributed by atoms with E-state index >= 15 is 0 Å². The molecule has 0 amide bonds. The number of Topliss-reactive ketones (excluding diaryl/α,β-unsaturated/α-hetero) is 2. The molecular formula is C102H165N11O2. The van der Waals surface area contributed by atoms with E-state index in [0.717, 1.165) is 51.2 Å². The molecule has 0 aliphatic carbocycles. The van der Waals surface area contributed by atoms with Crippen LogP contribution in [0.4, 0.5) is 0 Å². The van der Waals surface area contributed by atoms with Gasteiger partial charge in [-0.25, -0.2) is 0 Å². The monoisotopic (exact) mass is 1580 g/mol. The van der Waals surface area contributed by atoms with Gasteiger partial charge in [-0.15, -0.1) is 0 Å². The first-order chi connectivity index (χ1) is 53.0. The Morgan fingerprint density at radius 2 is 0.713 bits per heavy atom. The Morgan fingerprint density at radius 1 is 0.400 bits per heavy atom. The van der Waals surface area contributed by atoms with E-state index < -0.39 is 0 Å². The fourth-order valence-electron chi connectivity index (χ4n) is 8.63. The second-order valence-electron chi connectivity index (χ2n) is 19.8. The third-order valence-electron chi connectivity index (χ3n) is 12.9. The Morgan fingerprint density at radius 3 is 1.05 bits per heavy atom. The molecule has 3 N–H and O–H groups in total. The standard InChI is InChI=1S/C16H16N2O.2C15H13N3.C13H11NO.C8H10.C7H8.10C2H6.CH6N2.7CH4/c1-18(2)12-15(13-6-4-3-5-7-13)16(19)14-8-10-17-11-9-14;1-18-11-14(12-5-3-2-4-6-12)15(17-18)13-7-9-16-10-8-13;1-18-15(13-7-9-16-10-8-13)14(11-17-18)12-5-3-2-4-6-12;15-13(12-6-8-14-9-7-12)10-11-4-2-1-3-5-11;1-2-8-6-4-3-5-7-8;1-7-5-3-2-4-6-7;10*1-2;1-3-2;;;;;;;/h3-12H,1-2H3;2*2-11H,1H3;1-9H,10H2;3-7H,2H2,1H3;2-6H,1H3;10*1-2H3;3H,2H2,1H3;7*1H4/b15-12+;;;;;;;;;;;;;;;;;;;;;;;. The van der Waals surface area contributed by atoms with E-state index in [9.17, 15) is 9.59 Å². The Balaban J connectivity index is -0.000000106. The second kappa shape index (κ2) is 93.7. The topological polar surface area (TPSA) is 163 Å². The van der Waals surface area contributed by atoms with Crippen molar-refractivity contribution in [1.29, 1.82) is 0 Å². The molecule has 0 spiro atoms. The van der Waals surface area contributed by atoms with Crippen molar-refractivity contribution in [3.8, 4) is 44.8 Å². The molecule has 0 saturated carbocycles. The molecule has 0 saturated heterocycles. The van der Waals surface area contributed by atoms with Crippen LogP contribution >= 0.6 is 0 Å². The Bertz CT molecular complexity index is 3750. The molecule has 13 nitrogen and oxygen atoms in total. The van der Waals surface area contributed by atoms with Crippen molar-refractivity contribution in [2.45, 2.75) is 217 Å². The van der Waals surface area contributed by atoms with Crippen LogP contribution < -0.4 is 11.3 Å². The number of ketones is 2. The highest BCUT2D eigenvalue weighted by Gasteiger charge is 2.16. The fraction of sp³-hybridized carbons (Fsp3) is 0.353. The quantitative estimate of drug-likeness (QED) is 0.0518. The van der Waals surface area contributed by atoms with Crippen LogP contribution in [0.3, 0.4) is 0 Å². The van der Waals surface area contributed by atoms with Crippen LogP contribution in [0.15, 0.2) is 299 Å². The molecule has 0 unspecified atom stereocenters. The van der Waals surface area contributed by atoms with Gasteiger partial charge in [-0.1, -0.05) is 385 Å². The smallest absolute Gasteiger partial charge is 0.195 e. The van der Waals surface area contributed by atoms with Crippen molar-refractivity contribution in [2.24, 2.45) is 19.9 Å². The van der Waals surface area contributed by atoms with Crippen LogP contribution in [0.25, 0.3) is 50.3 Å². The molecule has 6 aromatic heterocycles.